The van der Waals surface area contributed by atoms with E-state index in [1.54, 1.807) is 6.08 Å². The van der Waals surface area contributed by atoms with Gasteiger partial charge in [-0.25, -0.2) is 0 Å². The first-order chi connectivity index (χ1) is 12.4. The second kappa shape index (κ2) is 13.0. The van der Waals surface area contributed by atoms with Crippen LogP contribution >= 0.6 is 0 Å². The highest BCUT2D eigenvalue weighted by molar-refractivity contribution is 5.66. The fourth-order valence-electron chi connectivity index (χ4n) is 2.96. The molecule has 4 N–H and O–H groups in total. The van der Waals surface area contributed by atoms with Gasteiger partial charge in [0.2, 0.25) is 0 Å². The van der Waals surface area contributed by atoms with Crippen molar-refractivity contribution in [3.8, 4) is 0 Å². The molecule has 0 bridgehead atoms. The van der Waals surface area contributed by atoms with E-state index in [1.165, 1.54) is 18.9 Å². The van der Waals surface area contributed by atoms with Crippen LogP contribution in [-0.4, -0.2) is 56.9 Å². The summed E-state index contributed by atoms with van der Waals surface area (Å²) < 4.78 is 5.70. The molecular formula is C20H34O6. The average Bonchev–Trinajstić information content (AvgIpc) is 2.96. The van der Waals surface area contributed by atoms with E-state index in [1.807, 2.05) is 6.08 Å². The number of carboxylic acids is 1. The van der Waals surface area contributed by atoms with E-state index in [0.29, 0.717) is 25.7 Å². The van der Waals surface area contributed by atoms with Gasteiger partial charge in [-0.3, -0.25) is 4.79 Å². The van der Waals surface area contributed by atoms with Gasteiger partial charge in [0.1, 0.15) is 6.10 Å². The molecule has 0 amide bonds. The second-order valence-corrected chi connectivity index (χ2v) is 6.95. The molecule has 1 fully saturated rings. The summed E-state index contributed by atoms with van der Waals surface area (Å²) in [7, 11) is 0. The van der Waals surface area contributed by atoms with E-state index in [0.717, 1.165) is 12.8 Å². The summed E-state index contributed by atoms with van der Waals surface area (Å²) in [4.78, 5) is 10.5. The Labute approximate surface area is 156 Å². The lowest BCUT2D eigenvalue weighted by Gasteiger charge is -2.16. The summed E-state index contributed by atoms with van der Waals surface area (Å²) in [6.45, 7) is 2.16. The second-order valence-electron chi connectivity index (χ2n) is 6.95. The van der Waals surface area contributed by atoms with Crippen molar-refractivity contribution in [3.05, 3.63) is 24.3 Å². The van der Waals surface area contributed by atoms with Gasteiger partial charge in [0.05, 0.1) is 24.4 Å². The molecule has 0 aromatic rings. The van der Waals surface area contributed by atoms with Crippen molar-refractivity contribution in [3.63, 3.8) is 0 Å². The number of carbonyl (C=O) groups is 1. The van der Waals surface area contributed by atoms with Gasteiger partial charge in [-0.1, -0.05) is 44.1 Å². The van der Waals surface area contributed by atoms with Crippen LogP contribution in [0, 0.1) is 0 Å². The van der Waals surface area contributed by atoms with Gasteiger partial charge in [0.25, 0.3) is 0 Å². The van der Waals surface area contributed by atoms with Gasteiger partial charge in [0, 0.05) is 12.8 Å². The molecule has 6 nitrogen and oxygen atoms in total. The quantitative estimate of drug-likeness (QED) is 0.293. The molecule has 1 aliphatic rings. The van der Waals surface area contributed by atoms with Crippen LogP contribution < -0.4 is 0 Å². The van der Waals surface area contributed by atoms with Gasteiger partial charge in [-0.05, 0) is 32.1 Å². The summed E-state index contributed by atoms with van der Waals surface area (Å²) >= 11 is 0. The van der Waals surface area contributed by atoms with Crippen LogP contribution in [0.1, 0.15) is 64.7 Å². The molecule has 0 aromatic carbocycles. The van der Waals surface area contributed by atoms with Gasteiger partial charge in [-0.15, -0.1) is 0 Å². The van der Waals surface area contributed by atoms with Gasteiger partial charge >= 0.3 is 5.97 Å². The Morgan fingerprint density at radius 3 is 2.69 bits per heavy atom. The lowest BCUT2D eigenvalue weighted by atomic mass is 10.0. The zero-order chi connectivity index (χ0) is 19.4. The van der Waals surface area contributed by atoms with E-state index in [2.05, 4.69) is 13.0 Å². The molecule has 0 saturated carbocycles. The topological polar surface area (TPSA) is 107 Å². The molecular weight excluding hydrogens is 336 g/mol. The Morgan fingerprint density at radius 1 is 1.23 bits per heavy atom. The van der Waals surface area contributed by atoms with E-state index in [4.69, 9.17) is 9.84 Å². The number of hydrogen-bond acceptors (Lipinski definition) is 5. The molecule has 0 spiro atoms. The number of aliphatic hydroxyl groups is 3. The van der Waals surface area contributed by atoms with Crippen molar-refractivity contribution in [1.29, 1.82) is 0 Å². The number of allylic oxidation sites excluding steroid dienone is 1. The highest BCUT2D eigenvalue weighted by atomic mass is 16.5. The Balaban J connectivity index is 2.32. The highest BCUT2D eigenvalue weighted by Gasteiger charge is 2.35. The first kappa shape index (κ1) is 22.8. The van der Waals surface area contributed by atoms with Crippen molar-refractivity contribution >= 4 is 5.97 Å². The van der Waals surface area contributed by atoms with Crippen LogP contribution in [0.2, 0.25) is 0 Å². The number of carboxylic acid groups (broad SMARTS) is 1. The molecule has 6 heteroatoms. The molecule has 0 aromatic heterocycles. The average molecular weight is 370 g/mol. The van der Waals surface area contributed by atoms with Gasteiger partial charge in [0.15, 0.2) is 0 Å². The first-order valence-electron chi connectivity index (χ1n) is 9.68. The summed E-state index contributed by atoms with van der Waals surface area (Å²) in [6.07, 6.45) is 10.2. The maximum absolute atomic E-state index is 10.5. The Morgan fingerprint density at radius 2 is 2.00 bits per heavy atom. The highest BCUT2D eigenvalue weighted by Crippen LogP contribution is 2.25. The van der Waals surface area contributed by atoms with E-state index < -0.39 is 36.5 Å². The van der Waals surface area contributed by atoms with Crippen molar-refractivity contribution in [2.24, 2.45) is 0 Å². The van der Waals surface area contributed by atoms with E-state index >= 15 is 0 Å². The summed E-state index contributed by atoms with van der Waals surface area (Å²) in [5, 5.41) is 38.7. The number of ether oxygens (including phenoxy) is 1. The predicted molar refractivity (Wildman–Crippen MR) is 99.8 cm³/mol. The fourth-order valence-corrected chi connectivity index (χ4v) is 2.96. The molecule has 26 heavy (non-hydrogen) atoms. The lowest BCUT2D eigenvalue weighted by Crippen LogP contribution is -2.25. The van der Waals surface area contributed by atoms with Crippen LogP contribution in [0.15, 0.2) is 24.3 Å². The first-order valence-corrected chi connectivity index (χ1v) is 9.68. The van der Waals surface area contributed by atoms with Crippen LogP contribution in [0.5, 0.6) is 0 Å². The number of aliphatic carboxylic acids is 1. The fraction of sp³-hybridized carbons (Fsp3) is 0.750. The van der Waals surface area contributed by atoms with Crippen molar-refractivity contribution in [2.45, 2.75) is 95.2 Å². The molecule has 5 atom stereocenters. The van der Waals surface area contributed by atoms with E-state index in [9.17, 15) is 20.1 Å². The molecule has 1 heterocycles. The number of unbranched alkanes of at least 4 members (excludes halogenated alkanes) is 3. The maximum atomic E-state index is 10.5. The van der Waals surface area contributed by atoms with Crippen LogP contribution in [-0.2, 0) is 9.53 Å². The third kappa shape index (κ3) is 9.48. The summed E-state index contributed by atoms with van der Waals surface area (Å²) in [5.41, 5.74) is 0. The minimum Gasteiger partial charge on any atom is -0.481 e. The maximum Gasteiger partial charge on any atom is 0.303 e. The Hall–Kier alpha value is -1.21. The number of hydrogen-bond donors (Lipinski definition) is 4. The van der Waals surface area contributed by atoms with E-state index in [-0.39, 0.29) is 6.42 Å². The molecule has 0 unspecified atom stereocenters. The molecule has 1 aliphatic heterocycles. The summed E-state index contributed by atoms with van der Waals surface area (Å²) in [6, 6.07) is 0. The third-order valence-corrected chi connectivity index (χ3v) is 4.55. The van der Waals surface area contributed by atoms with Crippen LogP contribution in [0.4, 0.5) is 0 Å². The SMILES string of the molecule is CCCCC/C=C\C[C@@H](O)[C@H]1C[C@H](O)[C@@H](/C=C/[C@H](O)CCCC(=O)O)O1. The van der Waals surface area contributed by atoms with Crippen molar-refractivity contribution < 1.29 is 30.0 Å². The third-order valence-electron chi connectivity index (χ3n) is 4.55. The molecule has 1 rings (SSSR count). The van der Waals surface area contributed by atoms with Crippen LogP contribution in [0.3, 0.4) is 0 Å². The van der Waals surface area contributed by atoms with Crippen molar-refractivity contribution in [2.75, 3.05) is 0 Å². The molecule has 1 saturated heterocycles. The number of rotatable bonds is 13. The Kier molecular flexibility index (Phi) is 11.4. The molecule has 150 valence electrons. The standard InChI is InChI=1S/C20H34O6/c1-2-3-4-5-6-7-10-16(22)19-14-17(23)18(26-19)13-12-15(21)9-8-11-20(24)25/h6-7,12-13,15-19,21-23H,2-5,8-11,14H2,1H3,(H,24,25)/b7-6-,13-12+/t15-,16-,17+,18-,19-/m1/s1. The number of aliphatic hydroxyl groups excluding tert-OH is 3. The van der Waals surface area contributed by atoms with Gasteiger partial charge in [-0.2, -0.15) is 0 Å². The molecule has 0 radical (unpaired) electrons. The van der Waals surface area contributed by atoms with Gasteiger partial charge < -0.3 is 25.2 Å². The zero-order valence-electron chi connectivity index (χ0n) is 15.7. The minimum atomic E-state index is -0.882. The largest absolute Gasteiger partial charge is 0.481 e. The normalized spacial score (nSPS) is 25.9. The van der Waals surface area contributed by atoms with Crippen LogP contribution in [0.25, 0.3) is 0 Å². The smallest absolute Gasteiger partial charge is 0.303 e. The van der Waals surface area contributed by atoms with Crippen molar-refractivity contribution in [1.82, 2.24) is 0 Å². The zero-order valence-corrected chi connectivity index (χ0v) is 15.7. The molecule has 0 aliphatic carbocycles. The predicted octanol–water partition coefficient (Wildman–Crippen LogP) is 2.56. The summed E-state index contributed by atoms with van der Waals surface area (Å²) in [5.74, 6) is -0.882. The lowest BCUT2D eigenvalue weighted by molar-refractivity contribution is -0.137. The Bertz CT molecular complexity index is 448. The minimum absolute atomic E-state index is 0.0215. The monoisotopic (exact) mass is 370 g/mol.